The van der Waals surface area contributed by atoms with E-state index in [-0.39, 0.29) is 5.41 Å². The fraction of sp³-hybridized carbons (Fsp3) is 0.0612. The summed E-state index contributed by atoms with van der Waals surface area (Å²) >= 11 is 0. The van der Waals surface area contributed by atoms with Gasteiger partial charge in [0.2, 0.25) is 0 Å². The van der Waals surface area contributed by atoms with E-state index in [0.29, 0.717) is 0 Å². The van der Waals surface area contributed by atoms with Crippen molar-refractivity contribution in [1.29, 1.82) is 0 Å². The Labute approximate surface area is 292 Å². The zero-order valence-corrected chi connectivity index (χ0v) is 27.7. The SMILES string of the molecule is CC1(c2ccccc2)c2ccccc2Oc2ccc(-c3ccc4c(c3)-c3ccccc3C43c4ccccc4-c4cccc5cccc3c45)cc21. The Morgan fingerprint density at radius 3 is 1.74 bits per heavy atom. The lowest BCUT2D eigenvalue weighted by atomic mass is 9.61. The van der Waals surface area contributed by atoms with Crippen LogP contribution in [0.15, 0.2) is 176 Å². The molecule has 2 aliphatic carbocycles. The van der Waals surface area contributed by atoms with Crippen molar-refractivity contribution < 1.29 is 4.74 Å². The summed E-state index contributed by atoms with van der Waals surface area (Å²) < 4.78 is 6.57. The lowest BCUT2D eigenvalue weighted by Gasteiger charge is -2.40. The molecule has 1 aliphatic heterocycles. The third-order valence-electron chi connectivity index (χ3n) is 11.8. The fourth-order valence-electron chi connectivity index (χ4n) is 9.62. The van der Waals surface area contributed by atoms with E-state index in [0.717, 1.165) is 11.5 Å². The fourth-order valence-corrected chi connectivity index (χ4v) is 9.62. The highest BCUT2D eigenvalue weighted by atomic mass is 16.5. The third kappa shape index (κ3) is 3.42. The highest BCUT2D eigenvalue weighted by Crippen LogP contribution is 2.62. The zero-order valence-electron chi connectivity index (χ0n) is 27.7. The monoisotopic (exact) mass is 636 g/mol. The summed E-state index contributed by atoms with van der Waals surface area (Å²) in [7, 11) is 0. The van der Waals surface area contributed by atoms with Gasteiger partial charge in [-0.2, -0.15) is 0 Å². The second-order valence-electron chi connectivity index (χ2n) is 14.1. The van der Waals surface area contributed by atoms with Gasteiger partial charge in [0.1, 0.15) is 11.5 Å². The van der Waals surface area contributed by atoms with E-state index >= 15 is 0 Å². The average Bonchev–Trinajstić information content (AvgIpc) is 3.47. The van der Waals surface area contributed by atoms with Crippen molar-refractivity contribution in [2.45, 2.75) is 17.8 Å². The molecule has 0 fully saturated rings. The van der Waals surface area contributed by atoms with Crippen LogP contribution >= 0.6 is 0 Å². The number of fused-ring (bicyclic) bond motifs is 11. The first-order valence-corrected chi connectivity index (χ1v) is 17.5. The molecule has 0 bridgehead atoms. The number of hydrogen-bond acceptors (Lipinski definition) is 1. The quantitative estimate of drug-likeness (QED) is 0.183. The minimum atomic E-state index is -0.409. The molecule has 0 radical (unpaired) electrons. The van der Waals surface area contributed by atoms with Crippen molar-refractivity contribution in [3.8, 4) is 44.9 Å². The van der Waals surface area contributed by atoms with Gasteiger partial charge in [0, 0.05) is 16.5 Å². The van der Waals surface area contributed by atoms with Crippen LogP contribution in [0.2, 0.25) is 0 Å². The number of hydrogen-bond donors (Lipinski definition) is 0. The standard InChI is InChI=1S/C49H32O/c1-48(34-15-3-2-4-16-34)42-22-9-10-24-45(42)50-46-28-26-33(30-44(46)48)32-25-27-41-38(29-32)36-18-6-8-21-40(36)49(41)39-20-7-5-17-35(39)37-19-11-13-31-14-12-23-43(49)47(31)37/h2-30H,1H3. The Morgan fingerprint density at radius 1 is 0.380 bits per heavy atom. The molecule has 2 unspecified atom stereocenters. The van der Waals surface area contributed by atoms with Crippen LogP contribution in [0.1, 0.15) is 45.9 Å². The van der Waals surface area contributed by atoms with E-state index in [2.05, 4.69) is 183 Å². The van der Waals surface area contributed by atoms with Crippen molar-refractivity contribution in [2.24, 2.45) is 0 Å². The minimum absolute atomic E-state index is 0.368. The van der Waals surface area contributed by atoms with E-state index in [1.807, 2.05) is 0 Å². The maximum absolute atomic E-state index is 6.57. The molecular formula is C49H32O. The highest BCUT2D eigenvalue weighted by molar-refractivity contribution is 6.07. The molecule has 2 atom stereocenters. The normalized spacial score (nSPS) is 18.8. The Kier molecular flexibility index (Phi) is 5.51. The van der Waals surface area contributed by atoms with Gasteiger partial charge in [-0.05, 0) is 103 Å². The summed E-state index contributed by atoms with van der Waals surface area (Å²) in [5, 5.41) is 2.64. The summed E-state index contributed by atoms with van der Waals surface area (Å²) in [6.45, 7) is 2.34. The second kappa shape index (κ2) is 9.94. The second-order valence-corrected chi connectivity index (χ2v) is 14.1. The number of para-hydroxylation sites is 1. The first-order valence-electron chi connectivity index (χ1n) is 17.5. The lowest BCUT2D eigenvalue weighted by Crippen LogP contribution is -2.31. The van der Waals surface area contributed by atoms with Crippen molar-refractivity contribution in [3.05, 3.63) is 215 Å². The molecule has 0 amide bonds. The molecule has 8 aromatic carbocycles. The van der Waals surface area contributed by atoms with Gasteiger partial charge in [-0.25, -0.2) is 0 Å². The van der Waals surface area contributed by atoms with Gasteiger partial charge in [-0.3, -0.25) is 0 Å². The van der Waals surface area contributed by atoms with Crippen LogP contribution in [-0.4, -0.2) is 0 Å². The van der Waals surface area contributed by atoms with Crippen molar-refractivity contribution in [2.75, 3.05) is 0 Å². The van der Waals surface area contributed by atoms with Gasteiger partial charge in [-0.15, -0.1) is 0 Å². The summed E-state index contributed by atoms with van der Waals surface area (Å²) in [5.74, 6) is 1.83. The zero-order chi connectivity index (χ0) is 33.0. The molecule has 1 heteroatoms. The molecule has 234 valence electrons. The van der Waals surface area contributed by atoms with Crippen LogP contribution in [0.4, 0.5) is 0 Å². The summed E-state index contributed by atoms with van der Waals surface area (Å²) in [5.41, 5.74) is 15.9. The number of ether oxygens (including phenoxy) is 1. The Hall–Kier alpha value is -6.18. The molecule has 1 heterocycles. The molecule has 3 aliphatic rings. The van der Waals surface area contributed by atoms with E-state index in [9.17, 15) is 0 Å². The van der Waals surface area contributed by atoms with E-state index < -0.39 is 5.41 Å². The van der Waals surface area contributed by atoms with Gasteiger partial charge >= 0.3 is 0 Å². The van der Waals surface area contributed by atoms with Gasteiger partial charge in [0.25, 0.3) is 0 Å². The van der Waals surface area contributed by atoms with Gasteiger partial charge < -0.3 is 4.74 Å². The summed E-state index contributed by atoms with van der Waals surface area (Å²) in [6, 6.07) is 65.0. The molecule has 0 N–H and O–H groups in total. The van der Waals surface area contributed by atoms with Crippen LogP contribution in [0, 0.1) is 0 Å². The topological polar surface area (TPSA) is 9.23 Å². The molecule has 0 saturated carbocycles. The van der Waals surface area contributed by atoms with Crippen LogP contribution in [-0.2, 0) is 10.8 Å². The minimum Gasteiger partial charge on any atom is -0.457 e. The Morgan fingerprint density at radius 2 is 0.940 bits per heavy atom. The first kappa shape index (κ1) is 27.7. The molecule has 0 saturated heterocycles. The predicted molar refractivity (Wildman–Crippen MR) is 204 cm³/mol. The molecular weight excluding hydrogens is 605 g/mol. The maximum atomic E-state index is 6.57. The van der Waals surface area contributed by atoms with Gasteiger partial charge in [-0.1, -0.05) is 152 Å². The van der Waals surface area contributed by atoms with Crippen LogP contribution in [0.3, 0.4) is 0 Å². The Bertz CT molecular complexity index is 2700. The van der Waals surface area contributed by atoms with Gasteiger partial charge in [0.15, 0.2) is 0 Å². The van der Waals surface area contributed by atoms with E-state index in [4.69, 9.17) is 4.74 Å². The van der Waals surface area contributed by atoms with Crippen molar-refractivity contribution >= 4 is 10.8 Å². The summed E-state index contributed by atoms with van der Waals surface area (Å²) in [4.78, 5) is 0. The van der Waals surface area contributed by atoms with E-state index in [1.165, 1.54) is 83.1 Å². The molecule has 1 spiro atoms. The molecule has 8 aromatic rings. The van der Waals surface area contributed by atoms with Crippen LogP contribution < -0.4 is 4.74 Å². The van der Waals surface area contributed by atoms with Crippen LogP contribution in [0.25, 0.3) is 44.2 Å². The van der Waals surface area contributed by atoms with Gasteiger partial charge in [0.05, 0.1) is 5.41 Å². The van der Waals surface area contributed by atoms with Crippen LogP contribution in [0.5, 0.6) is 11.5 Å². The summed E-state index contributed by atoms with van der Waals surface area (Å²) in [6.07, 6.45) is 0. The lowest BCUT2D eigenvalue weighted by molar-refractivity contribution is 0.427. The predicted octanol–water partition coefficient (Wildman–Crippen LogP) is 12.3. The average molecular weight is 637 g/mol. The molecule has 1 nitrogen and oxygen atoms in total. The Balaban J connectivity index is 1.15. The maximum Gasteiger partial charge on any atom is 0.131 e. The van der Waals surface area contributed by atoms with Crippen molar-refractivity contribution in [1.82, 2.24) is 0 Å². The smallest absolute Gasteiger partial charge is 0.131 e. The molecule has 11 rings (SSSR count). The molecule has 0 aromatic heterocycles. The van der Waals surface area contributed by atoms with E-state index in [1.54, 1.807) is 0 Å². The highest BCUT2D eigenvalue weighted by Gasteiger charge is 2.50. The first-order chi connectivity index (χ1) is 24.7. The van der Waals surface area contributed by atoms with Crippen molar-refractivity contribution in [3.63, 3.8) is 0 Å². The number of benzene rings is 8. The third-order valence-corrected chi connectivity index (χ3v) is 11.8. The molecule has 50 heavy (non-hydrogen) atoms. The number of rotatable bonds is 2. The largest absolute Gasteiger partial charge is 0.457 e.